The second-order valence-corrected chi connectivity index (χ2v) is 5.12. The van der Waals surface area contributed by atoms with Crippen LogP contribution in [-0.2, 0) is 6.54 Å². The lowest BCUT2D eigenvalue weighted by atomic mass is 10.1. The first kappa shape index (κ1) is 15.7. The number of methoxy groups -OCH3 is 2. The van der Waals surface area contributed by atoms with E-state index in [2.05, 4.69) is 10.4 Å². The van der Waals surface area contributed by atoms with E-state index in [1.165, 1.54) is 0 Å². The van der Waals surface area contributed by atoms with E-state index in [0.29, 0.717) is 17.3 Å². The number of nitrogens with zero attached hydrogens (tertiary/aromatic N) is 2. The summed E-state index contributed by atoms with van der Waals surface area (Å²) in [5.41, 5.74) is 2.05. The van der Waals surface area contributed by atoms with Crippen molar-refractivity contribution in [3.63, 3.8) is 0 Å². The summed E-state index contributed by atoms with van der Waals surface area (Å²) in [6.45, 7) is 2.64. The zero-order valence-electron chi connectivity index (χ0n) is 12.7. The molecule has 0 saturated carbocycles. The van der Waals surface area contributed by atoms with Gasteiger partial charge in [0.25, 0.3) is 0 Å². The van der Waals surface area contributed by atoms with E-state index >= 15 is 0 Å². The first-order valence-corrected chi connectivity index (χ1v) is 7.05. The Morgan fingerprint density at radius 3 is 2.52 bits per heavy atom. The highest BCUT2D eigenvalue weighted by Crippen LogP contribution is 2.30. The Morgan fingerprint density at radius 2 is 2.00 bits per heavy atom. The molecule has 0 radical (unpaired) electrons. The first-order chi connectivity index (χ1) is 10.1. The van der Waals surface area contributed by atoms with Crippen molar-refractivity contribution in [2.45, 2.75) is 19.5 Å². The Morgan fingerprint density at radius 1 is 1.29 bits per heavy atom. The molecule has 6 heteroatoms. The van der Waals surface area contributed by atoms with Gasteiger partial charge in [0.05, 0.1) is 43.7 Å². The fraction of sp³-hybridized carbons (Fsp3) is 0.400. The van der Waals surface area contributed by atoms with Gasteiger partial charge < -0.3 is 14.8 Å². The molecular weight excluding hydrogens is 290 g/mol. The Labute approximate surface area is 129 Å². The number of hydrogen-bond acceptors (Lipinski definition) is 4. The number of nitrogens with one attached hydrogen (secondary N) is 1. The van der Waals surface area contributed by atoms with Gasteiger partial charge in [-0.3, -0.25) is 4.68 Å². The minimum Gasteiger partial charge on any atom is -0.493 e. The zero-order valence-corrected chi connectivity index (χ0v) is 13.4. The van der Waals surface area contributed by atoms with Crippen LogP contribution in [0.5, 0.6) is 11.5 Å². The summed E-state index contributed by atoms with van der Waals surface area (Å²) in [7, 11) is 5.18. The van der Waals surface area contributed by atoms with Gasteiger partial charge in [-0.1, -0.05) is 17.7 Å². The molecule has 21 heavy (non-hydrogen) atoms. The van der Waals surface area contributed by atoms with E-state index in [1.807, 2.05) is 36.9 Å². The zero-order chi connectivity index (χ0) is 15.4. The molecule has 2 aromatic rings. The highest BCUT2D eigenvalue weighted by Gasteiger charge is 2.15. The molecule has 1 heterocycles. The number of benzene rings is 1. The van der Waals surface area contributed by atoms with Crippen molar-refractivity contribution in [3.8, 4) is 11.5 Å². The number of ether oxygens (including phenoxy) is 2. The molecule has 0 aliphatic heterocycles. The molecule has 0 spiro atoms. The minimum atomic E-state index is 0.0967. The van der Waals surface area contributed by atoms with Gasteiger partial charge in [0.15, 0.2) is 11.5 Å². The lowest BCUT2D eigenvalue weighted by molar-refractivity contribution is 0.353. The number of likely N-dealkylation sites (N-methyl/N-ethyl adjacent to an activating group) is 1. The average molecular weight is 310 g/mol. The fourth-order valence-electron chi connectivity index (χ4n) is 2.21. The molecule has 0 saturated heterocycles. The number of aromatic nitrogens is 2. The predicted octanol–water partition coefficient (Wildman–Crippen LogP) is 2.82. The normalized spacial score (nSPS) is 12.2. The van der Waals surface area contributed by atoms with Crippen LogP contribution in [0.2, 0.25) is 5.02 Å². The summed E-state index contributed by atoms with van der Waals surface area (Å²) in [6, 6.07) is 5.99. The molecule has 5 nitrogen and oxygen atoms in total. The van der Waals surface area contributed by atoms with Gasteiger partial charge in [-0.25, -0.2) is 0 Å². The molecule has 1 unspecified atom stereocenters. The van der Waals surface area contributed by atoms with Crippen LogP contribution in [0.4, 0.5) is 0 Å². The molecule has 1 N–H and O–H groups in total. The quantitative estimate of drug-likeness (QED) is 0.891. The summed E-state index contributed by atoms with van der Waals surface area (Å²) >= 11 is 6.05. The van der Waals surface area contributed by atoms with Crippen LogP contribution in [-0.4, -0.2) is 31.0 Å². The standard InChI is InChI=1S/C15H20ClN3O2/c1-10-12(16)8-18-19(10)9-13(17-2)11-5-6-14(20-3)15(7-11)21-4/h5-8,13,17H,9H2,1-4H3. The molecule has 0 amide bonds. The lowest BCUT2D eigenvalue weighted by Crippen LogP contribution is -2.23. The van der Waals surface area contributed by atoms with Crippen LogP contribution in [0.1, 0.15) is 17.3 Å². The third kappa shape index (κ3) is 3.31. The van der Waals surface area contributed by atoms with Gasteiger partial charge in [0.2, 0.25) is 0 Å². The van der Waals surface area contributed by atoms with Gasteiger partial charge in [0.1, 0.15) is 0 Å². The summed E-state index contributed by atoms with van der Waals surface area (Å²) < 4.78 is 12.5. The maximum absolute atomic E-state index is 6.05. The second kappa shape index (κ2) is 6.83. The molecule has 0 bridgehead atoms. The summed E-state index contributed by atoms with van der Waals surface area (Å²) in [4.78, 5) is 0. The van der Waals surface area contributed by atoms with E-state index < -0.39 is 0 Å². The Balaban J connectivity index is 2.27. The van der Waals surface area contributed by atoms with Crippen LogP contribution < -0.4 is 14.8 Å². The Kier molecular flexibility index (Phi) is 5.09. The maximum Gasteiger partial charge on any atom is 0.161 e. The molecule has 1 aromatic carbocycles. The van der Waals surface area contributed by atoms with E-state index in [-0.39, 0.29) is 6.04 Å². The van der Waals surface area contributed by atoms with Crippen molar-refractivity contribution >= 4 is 11.6 Å². The largest absolute Gasteiger partial charge is 0.493 e. The molecule has 1 aromatic heterocycles. The van der Waals surface area contributed by atoms with Crippen molar-refractivity contribution in [1.29, 1.82) is 0 Å². The van der Waals surface area contributed by atoms with E-state index in [1.54, 1.807) is 20.4 Å². The molecule has 1 atom stereocenters. The highest BCUT2D eigenvalue weighted by atomic mass is 35.5. The van der Waals surface area contributed by atoms with Gasteiger partial charge in [-0.05, 0) is 31.7 Å². The molecule has 0 aliphatic carbocycles. The van der Waals surface area contributed by atoms with Crippen LogP contribution in [0.15, 0.2) is 24.4 Å². The molecule has 114 valence electrons. The highest BCUT2D eigenvalue weighted by molar-refractivity contribution is 6.31. The molecule has 0 fully saturated rings. The Bertz CT molecular complexity index is 613. The smallest absolute Gasteiger partial charge is 0.161 e. The van der Waals surface area contributed by atoms with E-state index in [9.17, 15) is 0 Å². The predicted molar refractivity (Wildman–Crippen MR) is 83.3 cm³/mol. The van der Waals surface area contributed by atoms with Gasteiger partial charge in [-0.15, -0.1) is 0 Å². The lowest BCUT2D eigenvalue weighted by Gasteiger charge is -2.19. The summed E-state index contributed by atoms with van der Waals surface area (Å²) in [5, 5.41) is 8.26. The van der Waals surface area contributed by atoms with Crippen molar-refractivity contribution < 1.29 is 9.47 Å². The fourth-order valence-corrected chi connectivity index (χ4v) is 2.35. The SMILES string of the molecule is CNC(Cn1ncc(Cl)c1C)c1ccc(OC)c(OC)c1. The number of rotatable bonds is 6. The minimum absolute atomic E-state index is 0.0967. The van der Waals surface area contributed by atoms with Crippen LogP contribution in [0, 0.1) is 6.92 Å². The maximum atomic E-state index is 6.05. The second-order valence-electron chi connectivity index (χ2n) is 4.72. The van der Waals surface area contributed by atoms with Crippen LogP contribution in [0.25, 0.3) is 0 Å². The molecule has 2 rings (SSSR count). The first-order valence-electron chi connectivity index (χ1n) is 6.67. The van der Waals surface area contributed by atoms with E-state index in [4.69, 9.17) is 21.1 Å². The molecule has 0 aliphatic rings. The third-order valence-corrected chi connectivity index (χ3v) is 3.93. The summed E-state index contributed by atoms with van der Waals surface area (Å²) in [5.74, 6) is 1.43. The average Bonchev–Trinajstić information content (AvgIpc) is 2.83. The van der Waals surface area contributed by atoms with Gasteiger partial charge in [-0.2, -0.15) is 5.10 Å². The number of halogens is 1. The van der Waals surface area contributed by atoms with Crippen LogP contribution >= 0.6 is 11.6 Å². The van der Waals surface area contributed by atoms with E-state index in [0.717, 1.165) is 17.0 Å². The van der Waals surface area contributed by atoms with Gasteiger partial charge >= 0.3 is 0 Å². The van der Waals surface area contributed by atoms with Crippen molar-refractivity contribution in [2.24, 2.45) is 0 Å². The third-order valence-electron chi connectivity index (χ3n) is 3.56. The van der Waals surface area contributed by atoms with Crippen molar-refractivity contribution in [2.75, 3.05) is 21.3 Å². The monoisotopic (exact) mass is 309 g/mol. The summed E-state index contributed by atoms with van der Waals surface area (Å²) in [6.07, 6.45) is 1.66. The van der Waals surface area contributed by atoms with Crippen molar-refractivity contribution in [3.05, 3.63) is 40.7 Å². The molecular formula is C15H20ClN3O2. The Hall–Kier alpha value is -1.72. The number of hydrogen-bond donors (Lipinski definition) is 1. The topological polar surface area (TPSA) is 48.3 Å². The van der Waals surface area contributed by atoms with Gasteiger partial charge in [0, 0.05) is 0 Å². The van der Waals surface area contributed by atoms with Crippen molar-refractivity contribution in [1.82, 2.24) is 15.1 Å². The van der Waals surface area contributed by atoms with Crippen LogP contribution in [0.3, 0.4) is 0 Å².